The molecule has 0 aliphatic carbocycles. The van der Waals surface area contributed by atoms with Gasteiger partial charge in [0.05, 0.1) is 0 Å². The van der Waals surface area contributed by atoms with Crippen LogP contribution in [-0.4, -0.2) is 30.1 Å². The Labute approximate surface area is 166 Å². The molecule has 0 saturated carbocycles. The molecule has 0 atom stereocenters. The molecule has 0 radical (unpaired) electrons. The van der Waals surface area contributed by atoms with Crippen molar-refractivity contribution in [2.45, 2.75) is 11.4 Å². The molecule has 7 nitrogen and oxygen atoms in total. The number of ether oxygens (including phenoxy) is 1. The van der Waals surface area contributed by atoms with Gasteiger partial charge in [0.25, 0.3) is 0 Å². The molecule has 0 unspecified atom stereocenters. The number of rotatable bonds is 4. The molecule has 140 valence electrons. The summed E-state index contributed by atoms with van der Waals surface area (Å²) in [5, 5.41) is 7.08. The second-order valence-corrected chi connectivity index (χ2v) is 9.47. The van der Waals surface area contributed by atoms with E-state index in [9.17, 15) is 8.42 Å². The van der Waals surface area contributed by atoms with Gasteiger partial charge in [-0.15, -0.1) is 0 Å². The van der Waals surface area contributed by atoms with E-state index < -0.39 is 10.0 Å². The van der Waals surface area contributed by atoms with Crippen molar-refractivity contribution in [3.63, 3.8) is 0 Å². The van der Waals surface area contributed by atoms with Crippen molar-refractivity contribution in [2.24, 2.45) is 5.14 Å². The maximum absolute atomic E-state index is 11.4. The van der Waals surface area contributed by atoms with Crippen LogP contribution in [0.25, 0.3) is 21.2 Å². The Balaban J connectivity index is 1.79. The summed E-state index contributed by atoms with van der Waals surface area (Å²) in [6.45, 7) is 0.564. The quantitative estimate of drug-likeness (QED) is 0.396. The van der Waals surface area contributed by atoms with Gasteiger partial charge in [-0.05, 0) is 0 Å². The van der Waals surface area contributed by atoms with Crippen molar-refractivity contribution in [1.82, 2.24) is 14.5 Å². The molecule has 1 aromatic carbocycles. The van der Waals surface area contributed by atoms with Crippen LogP contribution in [-0.2, 0) is 21.3 Å². The Kier molecular flexibility index (Phi) is 4.74. The van der Waals surface area contributed by atoms with Crippen molar-refractivity contribution in [2.75, 3.05) is 7.11 Å². The number of hydrogen-bond acceptors (Lipinski definition) is 5. The number of nitrogens with two attached hydrogens (primary N) is 1. The maximum atomic E-state index is 11.4. The molecule has 3 aromatic rings. The molecular weight excluding hydrogens is 479 g/mol. The number of pyridine rings is 1. The number of imidazole rings is 1. The molecule has 4 rings (SSSR count). The van der Waals surface area contributed by atoms with E-state index in [-0.39, 0.29) is 26.1 Å². The number of nitrogens with zero attached hydrogens (tertiary/aromatic N) is 3. The predicted octanol–water partition coefficient (Wildman–Crippen LogP) is -2.76. The Hall–Kier alpha value is -2.24. The van der Waals surface area contributed by atoms with Gasteiger partial charge < -0.3 is 0 Å². The number of hydrogen-bond donors (Lipinski definition) is 1. The number of aromatic nitrogens is 3. The summed E-state index contributed by atoms with van der Waals surface area (Å²) in [7, 11) is -2.03. The van der Waals surface area contributed by atoms with Crippen LogP contribution in [0.3, 0.4) is 0 Å². The minimum atomic E-state index is -3.69. The van der Waals surface area contributed by atoms with Gasteiger partial charge in [0.1, 0.15) is 0 Å². The van der Waals surface area contributed by atoms with Gasteiger partial charge in [0.2, 0.25) is 0 Å². The third kappa shape index (κ3) is 3.62. The average Bonchev–Trinajstić information content (AvgIpc) is 2.92. The van der Waals surface area contributed by atoms with Crippen LogP contribution in [0.2, 0.25) is 0 Å². The Morgan fingerprint density at radius 1 is 1.19 bits per heavy atom. The summed E-state index contributed by atoms with van der Waals surface area (Å²) in [5.74, 6) is 0.828. The van der Waals surface area contributed by atoms with Gasteiger partial charge in [0, 0.05) is 0 Å². The van der Waals surface area contributed by atoms with Gasteiger partial charge in [-0.3, -0.25) is 0 Å². The molecule has 0 fully saturated rings. The number of sulfonamides is 1. The molecule has 27 heavy (non-hydrogen) atoms. The second kappa shape index (κ2) is 7.06. The standard InChI is InChI=1S/C18H16IN4O3S/c1-26-13-6-16-15(8-19-7-13)18-17(9-21-16)22-11-23(18)10-12-2-4-14(5-3-12)27(20,24)25/h2-9,11H,10H2,1H3,(H2,20,24,25)/q-1. The fraction of sp³-hybridized carbons (Fsp3) is 0.111. The van der Waals surface area contributed by atoms with Crippen molar-refractivity contribution >= 4 is 31.2 Å². The first-order valence-electron chi connectivity index (χ1n) is 7.95. The van der Waals surface area contributed by atoms with E-state index in [2.05, 4.69) is 18.1 Å². The number of allylic oxidation sites excluding steroid dienone is 1. The van der Waals surface area contributed by atoms with Crippen LogP contribution >= 0.6 is 0 Å². The van der Waals surface area contributed by atoms with E-state index in [1.165, 1.54) is 12.1 Å². The second-order valence-electron chi connectivity index (χ2n) is 5.95. The molecule has 9 heteroatoms. The summed E-state index contributed by atoms with van der Waals surface area (Å²) >= 11 is -0.300. The van der Waals surface area contributed by atoms with Crippen molar-refractivity contribution in [1.29, 1.82) is 0 Å². The summed E-state index contributed by atoms with van der Waals surface area (Å²) in [6.07, 6.45) is 5.48. The molecule has 2 N–H and O–H groups in total. The first kappa shape index (κ1) is 18.1. The van der Waals surface area contributed by atoms with Gasteiger partial charge in [-0.1, -0.05) is 0 Å². The zero-order chi connectivity index (χ0) is 19.0. The first-order chi connectivity index (χ1) is 13.0. The monoisotopic (exact) mass is 495 g/mol. The van der Waals surface area contributed by atoms with E-state index in [0.717, 1.165) is 32.9 Å². The van der Waals surface area contributed by atoms with Gasteiger partial charge in [-0.2, -0.15) is 0 Å². The average molecular weight is 495 g/mol. The third-order valence-electron chi connectivity index (χ3n) is 4.19. The Morgan fingerprint density at radius 2 is 1.96 bits per heavy atom. The summed E-state index contributed by atoms with van der Waals surface area (Å²) in [6, 6.07) is 6.57. The molecule has 1 aliphatic heterocycles. The Morgan fingerprint density at radius 3 is 2.67 bits per heavy atom. The van der Waals surface area contributed by atoms with E-state index in [4.69, 9.17) is 9.88 Å². The van der Waals surface area contributed by atoms with Gasteiger partial charge >= 0.3 is 167 Å². The molecule has 2 aromatic heterocycles. The van der Waals surface area contributed by atoms with Crippen LogP contribution in [0.4, 0.5) is 0 Å². The van der Waals surface area contributed by atoms with Crippen LogP contribution in [0.1, 0.15) is 5.56 Å². The minimum absolute atomic E-state index is 0.102. The number of methoxy groups -OCH3 is 1. The van der Waals surface area contributed by atoms with Crippen LogP contribution in [0.15, 0.2) is 51.5 Å². The van der Waals surface area contributed by atoms with Crippen molar-refractivity contribution in [3.05, 3.63) is 62.8 Å². The van der Waals surface area contributed by atoms with Gasteiger partial charge in [0.15, 0.2) is 0 Å². The zero-order valence-corrected chi connectivity index (χ0v) is 17.3. The van der Waals surface area contributed by atoms with E-state index in [1.54, 1.807) is 31.8 Å². The molecule has 0 bridgehead atoms. The number of halogens is 1. The molecule has 1 aliphatic rings. The topological polar surface area (TPSA) is 100 Å². The molecule has 0 amide bonds. The van der Waals surface area contributed by atoms with E-state index in [0.29, 0.717) is 6.54 Å². The number of fused-ring (bicyclic) bond motifs is 3. The predicted molar refractivity (Wildman–Crippen MR) is 97.7 cm³/mol. The van der Waals surface area contributed by atoms with Gasteiger partial charge in [-0.25, -0.2) is 0 Å². The third-order valence-corrected chi connectivity index (χ3v) is 7.07. The first-order valence-corrected chi connectivity index (χ1v) is 12.0. The van der Waals surface area contributed by atoms with Crippen LogP contribution < -0.4 is 36.9 Å². The normalized spacial score (nSPS) is 14.2. The molecule has 0 spiro atoms. The van der Waals surface area contributed by atoms with Crippen LogP contribution in [0.5, 0.6) is 0 Å². The zero-order valence-electron chi connectivity index (χ0n) is 14.3. The summed E-state index contributed by atoms with van der Waals surface area (Å²) in [4.78, 5) is 9.08. The summed E-state index contributed by atoms with van der Waals surface area (Å²) in [5.41, 5.74) is 2.79. The molecular formula is C18H16IN4O3S-. The van der Waals surface area contributed by atoms with E-state index in [1.807, 2.05) is 10.6 Å². The number of primary sulfonamides is 1. The SMILES string of the molecule is COC1=C[I-]C=c2c(ncc3ncn(Cc4ccc(S(N)(=O)=O)cc4)c23)=C1. The Bertz CT molecular complexity index is 1280. The fourth-order valence-electron chi connectivity index (χ4n) is 2.86. The van der Waals surface area contributed by atoms with Crippen LogP contribution in [0, 0.1) is 0 Å². The molecule has 0 saturated heterocycles. The van der Waals surface area contributed by atoms with Crippen molar-refractivity contribution in [3.8, 4) is 0 Å². The fourth-order valence-corrected chi connectivity index (χ4v) is 5.31. The van der Waals surface area contributed by atoms with Crippen molar-refractivity contribution < 1.29 is 34.4 Å². The summed E-state index contributed by atoms with van der Waals surface area (Å²) < 4.78 is 34.6. The number of benzene rings is 1. The van der Waals surface area contributed by atoms with E-state index >= 15 is 0 Å². The molecule has 3 heterocycles.